The molecule has 0 unspecified atom stereocenters. The molecule has 0 radical (unpaired) electrons. The Balaban J connectivity index is 1.77. The number of rotatable bonds is 6. The van der Waals surface area contributed by atoms with Gasteiger partial charge in [0, 0.05) is 32.7 Å². The standard InChI is InChI=1S/C15H25N5O/c1-3-14-13(11-12(2)18-19-14)15(21)17-5-4-8-20-9-6-16-7-10-20/h11,16H,3-10H2,1-2H3,(H,17,21). The third-order valence-corrected chi connectivity index (χ3v) is 3.72. The maximum absolute atomic E-state index is 12.2. The second-order valence-electron chi connectivity index (χ2n) is 5.40. The fraction of sp³-hybridized carbons (Fsp3) is 0.667. The van der Waals surface area contributed by atoms with Crippen molar-refractivity contribution in [1.82, 2.24) is 25.7 Å². The molecule has 0 saturated carbocycles. The SMILES string of the molecule is CCc1nnc(C)cc1C(=O)NCCCN1CCNCC1. The summed E-state index contributed by atoms with van der Waals surface area (Å²) in [6.45, 7) is 9.91. The fourth-order valence-electron chi connectivity index (χ4n) is 2.51. The van der Waals surface area contributed by atoms with Gasteiger partial charge < -0.3 is 15.5 Å². The Bertz CT molecular complexity index is 471. The Kier molecular flexibility index (Phi) is 6.07. The molecule has 0 bridgehead atoms. The zero-order valence-corrected chi connectivity index (χ0v) is 13.0. The Labute approximate surface area is 126 Å². The molecule has 0 spiro atoms. The van der Waals surface area contributed by atoms with Crippen molar-refractivity contribution in [3.8, 4) is 0 Å². The van der Waals surface area contributed by atoms with Crippen LogP contribution in [0.25, 0.3) is 0 Å². The van der Waals surface area contributed by atoms with E-state index in [1.54, 1.807) is 0 Å². The topological polar surface area (TPSA) is 70.2 Å². The van der Waals surface area contributed by atoms with Gasteiger partial charge in [-0.15, -0.1) is 0 Å². The number of carbonyl (C=O) groups excluding carboxylic acids is 1. The number of nitrogens with one attached hydrogen (secondary N) is 2. The van der Waals surface area contributed by atoms with Crippen LogP contribution in [0.3, 0.4) is 0 Å². The van der Waals surface area contributed by atoms with Crippen LogP contribution in [0.4, 0.5) is 0 Å². The van der Waals surface area contributed by atoms with Gasteiger partial charge in [-0.05, 0) is 32.4 Å². The molecule has 2 rings (SSSR count). The molecule has 116 valence electrons. The van der Waals surface area contributed by atoms with Crippen molar-refractivity contribution in [2.45, 2.75) is 26.7 Å². The lowest BCUT2D eigenvalue weighted by Gasteiger charge is -2.27. The van der Waals surface area contributed by atoms with E-state index in [2.05, 4.69) is 25.7 Å². The lowest BCUT2D eigenvalue weighted by atomic mass is 10.1. The van der Waals surface area contributed by atoms with Gasteiger partial charge in [0.15, 0.2) is 0 Å². The first-order valence-corrected chi connectivity index (χ1v) is 7.75. The van der Waals surface area contributed by atoms with E-state index in [-0.39, 0.29) is 5.91 Å². The molecule has 21 heavy (non-hydrogen) atoms. The van der Waals surface area contributed by atoms with Crippen molar-refractivity contribution in [2.24, 2.45) is 0 Å². The number of piperazine rings is 1. The summed E-state index contributed by atoms with van der Waals surface area (Å²) in [4.78, 5) is 14.7. The number of aryl methyl sites for hydroxylation is 2. The molecule has 2 heterocycles. The summed E-state index contributed by atoms with van der Waals surface area (Å²) in [6, 6.07) is 1.82. The van der Waals surface area contributed by atoms with Gasteiger partial charge in [-0.3, -0.25) is 4.79 Å². The molecule has 1 aliphatic heterocycles. The van der Waals surface area contributed by atoms with E-state index >= 15 is 0 Å². The van der Waals surface area contributed by atoms with Crippen molar-refractivity contribution in [1.29, 1.82) is 0 Å². The molecule has 0 atom stereocenters. The predicted octanol–water partition coefficient (Wildman–Crippen LogP) is 0.373. The molecule has 6 nitrogen and oxygen atoms in total. The Morgan fingerprint density at radius 1 is 1.38 bits per heavy atom. The van der Waals surface area contributed by atoms with Crippen molar-refractivity contribution in [3.05, 3.63) is 23.0 Å². The summed E-state index contributed by atoms with van der Waals surface area (Å²) >= 11 is 0. The zero-order chi connectivity index (χ0) is 15.1. The van der Waals surface area contributed by atoms with Gasteiger partial charge in [0.1, 0.15) is 0 Å². The molecule has 6 heteroatoms. The van der Waals surface area contributed by atoms with Crippen molar-refractivity contribution >= 4 is 5.91 Å². The van der Waals surface area contributed by atoms with Crippen LogP contribution in [0, 0.1) is 6.92 Å². The van der Waals surface area contributed by atoms with Gasteiger partial charge in [0.05, 0.1) is 17.0 Å². The number of amides is 1. The van der Waals surface area contributed by atoms with Crippen molar-refractivity contribution < 1.29 is 4.79 Å². The summed E-state index contributed by atoms with van der Waals surface area (Å²) in [6.07, 6.45) is 1.70. The monoisotopic (exact) mass is 291 g/mol. The summed E-state index contributed by atoms with van der Waals surface area (Å²) in [7, 11) is 0. The Morgan fingerprint density at radius 3 is 2.86 bits per heavy atom. The minimum atomic E-state index is -0.0369. The highest BCUT2D eigenvalue weighted by Gasteiger charge is 2.13. The largest absolute Gasteiger partial charge is 0.352 e. The highest BCUT2D eigenvalue weighted by molar-refractivity contribution is 5.95. The third kappa shape index (κ3) is 4.75. The van der Waals surface area contributed by atoms with E-state index in [1.807, 2.05) is 19.9 Å². The molecule has 1 aromatic rings. The van der Waals surface area contributed by atoms with Crippen molar-refractivity contribution in [2.75, 3.05) is 39.3 Å². The Hall–Kier alpha value is -1.53. The summed E-state index contributed by atoms with van der Waals surface area (Å²) in [5.41, 5.74) is 2.20. The highest BCUT2D eigenvalue weighted by atomic mass is 16.1. The summed E-state index contributed by atoms with van der Waals surface area (Å²) < 4.78 is 0. The molecule has 1 fully saturated rings. The molecule has 1 aliphatic rings. The van der Waals surface area contributed by atoms with E-state index in [4.69, 9.17) is 0 Å². The lowest BCUT2D eigenvalue weighted by Crippen LogP contribution is -2.44. The molecular formula is C15H25N5O. The smallest absolute Gasteiger partial charge is 0.253 e. The molecule has 0 aromatic carbocycles. The first-order chi connectivity index (χ1) is 10.2. The van der Waals surface area contributed by atoms with E-state index in [0.717, 1.165) is 57.0 Å². The van der Waals surface area contributed by atoms with Gasteiger partial charge in [-0.1, -0.05) is 6.92 Å². The van der Waals surface area contributed by atoms with E-state index < -0.39 is 0 Å². The average Bonchev–Trinajstić information content (AvgIpc) is 2.52. The second kappa shape index (κ2) is 8.05. The van der Waals surface area contributed by atoms with E-state index in [9.17, 15) is 4.79 Å². The van der Waals surface area contributed by atoms with Crippen molar-refractivity contribution in [3.63, 3.8) is 0 Å². The van der Waals surface area contributed by atoms with Gasteiger partial charge in [0.2, 0.25) is 0 Å². The van der Waals surface area contributed by atoms with Gasteiger partial charge in [-0.2, -0.15) is 10.2 Å². The van der Waals surface area contributed by atoms with Crippen LogP contribution in [0.15, 0.2) is 6.07 Å². The number of aromatic nitrogens is 2. The molecule has 0 aliphatic carbocycles. The van der Waals surface area contributed by atoms with E-state index in [0.29, 0.717) is 12.1 Å². The van der Waals surface area contributed by atoms with Crippen LogP contribution >= 0.6 is 0 Å². The third-order valence-electron chi connectivity index (χ3n) is 3.72. The number of nitrogens with zero attached hydrogens (tertiary/aromatic N) is 3. The van der Waals surface area contributed by atoms with Crippen LogP contribution in [-0.4, -0.2) is 60.3 Å². The first kappa shape index (κ1) is 15.9. The van der Waals surface area contributed by atoms with Crippen LogP contribution in [0.2, 0.25) is 0 Å². The summed E-state index contributed by atoms with van der Waals surface area (Å²) in [5.74, 6) is -0.0369. The molecular weight excluding hydrogens is 266 g/mol. The maximum atomic E-state index is 12.2. The zero-order valence-electron chi connectivity index (χ0n) is 13.0. The average molecular weight is 291 g/mol. The fourth-order valence-corrected chi connectivity index (χ4v) is 2.51. The summed E-state index contributed by atoms with van der Waals surface area (Å²) in [5, 5.41) is 14.4. The molecule has 2 N–H and O–H groups in total. The maximum Gasteiger partial charge on any atom is 0.253 e. The van der Waals surface area contributed by atoms with Crippen LogP contribution in [0.1, 0.15) is 35.1 Å². The number of carbonyl (C=O) groups is 1. The van der Waals surface area contributed by atoms with Crippen LogP contribution in [-0.2, 0) is 6.42 Å². The van der Waals surface area contributed by atoms with Crippen LogP contribution < -0.4 is 10.6 Å². The Morgan fingerprint density at radius 2 is 2.14 bits per heavy atom. The first-order valence-electron chi connectivity index (χ1n) is 7.75. The second-order valence-corrected chi connectivity index (χ2v) is 5.40. The lowest BCUT2D eigenvalue weighted by molar-refractivity contribution is 0.0949. The molecule has 1 saturated heterocycles. The minimum Gasteiger partial charge on any atom is -0.352 e. The predicted molar refractivity (Wildman–Crippen MR) is 82.4 cm³/mol. The van der Waals surface area contributed by atoms with Gasteiger partial charge in [-0.25, -0.2) is 0 Å². The number of hydrogen-bond donors (Lipinski definition) is 2. The minimum absolute atomic E-state index is 0.0369. The highest BCUT2D eigenvalue weighted by Crippen LogP contribution is 2.07. The molecule has 1 aromatic heterocycles. The molecule has 1 amide bonds. The normalized spacial score (nSPS) is 15.9. The van der Waals surface area contributed by atoms with Gasteiger partial charge >= 0.3 is 0 Å². The quantitative estimate of drug-likeness (QED) is 0.741. The van der Waals surface area contributed by atoms with Crippen LogP contribution in [0.5, 0.6) is 0 Å². The van der Waals surface area contributed by atoms with E-state index in [1.165, 1.54) is 0 Å². The van der Waals surface area contributed by atoms with Gasteiger partial charge in [0.25, 0.3) is 5.91 Å². The number of hydrogen-bond acceptors (Lipinski definition) is 5.